The first-order chi connectivity index (χ1) is 15.2. The molecular weight excluding hydrogens is 426 g/mol. The second-order valence-electron chi connectivity index (χ2n) is 6.97. The standard InChI is InChI=1S/C25H18ClN3OS/c1-30-20-10-12-21(13-11-20)31-25-24(27-19-8-6-18(26)7-9-19)28-22-14-16-4-2-3-5-17(16)15-23(22)29-25/h2-15H,1H3,(H,27,28). The molecule has 1 heterocycles. The van der Waals surface area contributed by atoms with E-state index in [0.29, 0.717) is 10.8 Å². The number of hydrogen-bond donors (Lipinski definition) is 1. The molecule has 0 saturated carbocycles. The molecule has 0 aliphatic carbocycles. The number of benzene rings is 4. The Morgan fingerprint density at radius 3 is 2.10 bits per heavy atom. The Bertz CT molecular complexity index is 1370. The second kappa shape index (κ2) is 8.46. The van der Waals surface area contributed by atoms with E-state index in [9.17, 15) is 0 Å². The van der Waals surface area contributed by atoms with Crippen molar-refractivity contribution in [3.63, 3.8) is 0 Å². The topological polar surface area (TPSA) is 47.0 Å². The Balaban J connectivity index is 1.61. The molecule has 1 aromatic heterocycles. The fraction of sp³-hybridized carbons (Fsp3) is 0.0400. The minimum atomic E-state index is 0.689. The van der Waals surface area contributed by atoms with Crippen molar-refractivity contribution in [2.24, 2.45) is 0 Å². The van der Waals surface area contributed by atoms with Gasteiger partial charge in [0, 0.05) is 15.6 Å². The number of ether oxygens (including phenoxy) is 1. The quantitative estimate of drug-likeness (QED) is 0.288. The van der Waals surface area contributed by atoms with Gasteiger partial charge >= 0.3 is 0 Å². The van der Waals surface area contributed by atoms with Gasteiger partial charge in [0.15, 0.2) is 5.82 Å². The molecule has 5 rings (SSSR count). The first kappa shape index (κ1) is 19.7. The van der Waals surface area contributed by atoms with Crippen LogP contribution in [0.1, 0.15) is 0 Å². The van der Waals surface area contributed by atoms with E-state index >= 15 is 0 Å². The van der Waals surface area contributed by atoms with E-state index in [1.165, 1.54) is 0 Å². The molecule has 31 heavy (non-hydrogen) atoms. The number of aromatic nitrogens is 2. The van der Waals surface area contributed by atoms with Gasteiger partial charge in [-0.3, -0.25) is 0 Å². The minimum Gasteiger partial charge on any atom is -0.497 e. The van der Waals surface area contributed by atoms with Crippen molar-refractivity contribution >= 4 is 56.7 Å². The molecule has 0 unspecified atom stereocenters. The molecule has 0 aliphatic rings. The molecule has 0 aliphatic heterocycles. The monoisotopic (exact) mass is 443 g/mol. The average Bonchev–Trinajstić information content (AvgIpc) is 2.80. The lowest BCUT2D eigenvalue weighted by Crippen LogP contribution is -1.99. The lowest BCUT2D eigenvalue weighted by Gasteiger charge is -2.12. The Labute approximate surface area is 189 Å². The first-order valence-corrected chi connectivity index (χ1v) is 10.9. The number of methoxy groups -OCH3 is 1. The number of rotatable bonds is 5. The normalized spacial score (nSPS) is 11.0. The third kappa shape index (κ3) is 4.29. The highest BCUT2D eigenvalue weighted by atomic mass is 35.5. The van der Waals surface area contributed by atoms with Gasteiger partial charge in [-0.2, -0.15) is 0 Å². The maximum Gasteiger partial charge on any atom is 0.164 e. The van der Waals surface area contributed by atoms with Crippen molar-refractivity contribution in [3.05, 3.63) is 90.0 Å². The molecule has 0 spiro atoms. The van der Waals surface area contributed by atoms with E-state index in [2.05, 4.69) is 29.6 Å². The second-order valence-corrected chi connectivity index (χ2v) is 8.47. The zero-order chi connectivity index (χ0) is 21.2. The summed E-state index contributed by atoms with van der Waals surface area (Å²) in [5.41, 5.74) is 2.60. The Morgan fingerprint density at radius 1 is 0.806 bits per heavy atom. The Kier molecular flexibility index (Phi) is 5.37. The summed E-state index contributed by atoms with van der Waals surface area (Å²) >= 11 is 7.60. The van der Waals surface area contributed by atoms with Crippen molar-refractivity contribution in [3.8, 4) is 5.75 Å². The van der Waals surface area contributed by atoms with Crippen LogP contribution < -0.4 is 10.1 Å². The average molecular weight is 444 g/mol. The zero-order valence-electron chi connectivity index (χ0n) is 16.7. The van der Waals surface area contributed by atoms with E-state index in [1.807, 2.05) is 60.7 Å². The van der Waals surface area contributed by atoms with Crippen molar-refractivity contribution in [2.75, 3.05) is 12.4 Å². The van der Waals surface area contributed by atoms with Crippen LogP contribution in [0.4, 0.5) is 11.5 Å². The van der Waals surface area contributed by atoms with Gasteiger partial charge in [-0.25, -0.2) is 9.97 Å². The fourth-order valence-electron chi connectivity index (χ4n) is 3.30. The van der Waals surface area contributed by atoms with Crippen LogP contribution in [0, 0.1) is 0 Å². The summed E-state index contributed by atoms with van der Waals surface area (Å²) in [5.74, 6) is 1.52. The molecule has 0 radical (unpaired) electrons. The largest absolute Gasteiger partial charge is 0.497 e. The number of nitrogens with one attached hydrogen (secondary N) is 1. The summed E-state index contributed by atoms with van der Waals surface area (Å²) in [6.45, 7) is 0. The molecule has 0 bridgehead atoms. The Morgan fingerprint density at radius 2 is 1.45 bits per heavy atom. The Hall–Kier alpha value is -3.28. The van der Waals surface area contributed by atoms with Crippen LogP contribution in [0.25, 0.3) is 21.8 Å². The van der Waals surface area contributed by atoms with Crippen LogP contribution in [0.5, 0.6) is 5.75 Å². The summed E-state index contributed by atoms with van der Waals surface area (Å²) in [5, 5.41) is 7.17. The van der Waals surface area contributed by atoms with E-state index in [0.717, 1.165) is 43.2 Å². The molecule has 4 nitrogen and oxygen atoms in total. The van der Waals surface area contributed by atoms with Crippen molar-refractivity contribution < 1.29 is 4.74 Å². The molecule has 6 heteroatoms. The predicted molar refractivity (Wildman–Crippen MR) is 129 cm³/mol. The summed E-state index contributed by atoms with van der Waals surface area (Å²) in [6.07, 6.45) is 0. The molecule has 152 valence electrons. The molecule has 0 fully saturated rings. The fourth-order valence-corrected chi connectivity index (χ4v) is 4.26. The van der Waals surface area contributed by atoms with Crippen molar-refractivity contribution in [1.29, 1.82) is 0 Å². The van der Waals surface area contributed by atoms with Gasteiger partial charge in [-0.05, 0) is 71.4 Å². The minimum absolute atomic E-state index is 0.689. The van der Waals surface area contributed by atoms with Crippen molar-refractivity contribution in [2.45, 2.75) is 9.92 Å². The van der Waals surface area contributed by atoms with Gasteiger partial charge in [-0.1, -0.05) is 47.6 Å². The SMILES string of the molecule is COc1ccc(Sc2nc3cc4ccccc4cc3nc2Nc2ccc(Cl)cc2)cc1. The van der Waals surface area contributed by atoms with Gasteiger partial charge in [0.2, 0.25) is 0 Å². The van der Waals surface area contributed by atoms with Crippen LogP contribution in [0.15, 0.2) is 94.9 Å². The van der Waals surface area contributed by atoms with Crippen LogP contribution in [0.2, 0.25) is 5.02 Å². The van der Waals surface area contributed by atoms with E-state index < -0.39 is 0 Å². The summed E-state index contributed by atoms with van der Waals surface area (Å²) in [7, 11) is 1.66. The van der Waals surface area contributed by atoms with Gasteiger partial charge in [-0.15, -0.1) is 0 Å². The van der Waals surface area contributed by atoms with Gasteiger partial charge in [0.1, 0.15) is 10.8 Å². The van der Waals surface area contributed by atoms with E-state index in [-0.39, 0.29) is 0 Å². The van der Waals surface area contributed by atoms with Crippen LogP contribution in [-0.2, 0) is 0 Å². The first-order valence-electron chi connectivity index (χ1n) is 9.73. The van der Waals surface area contributed by atoms with Crippen LogP contribution >= 0.6 is 23.4 Å². The number of anilines is 2. The molecule has 0 amide bonds. The van der Waals surface area contributed by atoms with E-state index in [4.69, 9.17) is 26.3 Å². The number of fused-ring (bicyclic) bond motifs is 2. The molecule has 5 aromatic rings. The van der Waals surface area contributed by atoms with Gasteiger partial charge in [0.25, 0.3) is 0 Å². The van der Waals surface area contributed by atoms with E-state index in [1.54, 1.807) is 18.9 Å². The number of halogens is 1. The smallest absolute Gasteiger partial charge is 0.164 e. The molecule has 1 N–H and O–H groups in total. The van der Waals surface area contributed by atoms with Crippen LogP contribution in [0.3, 0.4) is 0 Å². The highest BCUT2D eigenvalue weighted by Gasteiger charge is 2.12. The summed E-state index contributed by atoms with van der Waals surface area (Å²) in [6, 6.07) is 27.9. The maximum absolute atomic E-state index is 6.04. The van der Waals surface area contributed by atoms with Crippen molar-refractivity contribution in [1.82, 2.24) is 9.97 Å². The maximum atomic E-state index is 6.04. The van der Waals surface area contributed by atoms with Gasteiger partial charge < -0.3 is 10.1 Å². The molecule has 0 saturated heterocycles. The highest BCUT2D eigenvalue weighted by molar-refractivity contribution is 7.99. The lowest BCUT2D eigenvalue weighted by atomic mass is 10.1. The summed E-state index contributed by atoms with van der Waals surface area (Å²) in [4.78, 5) is 10.9. The third-order valence-corrected chi connectivity index (χ3v) is 6.12. The third-order valence-electron chi connectivity index (χ3n) is 4.88. The molecule has 4 aromatic carbocycles. The molecular formula is C25H18ClN3OS. The highest BCUT2D eigenvalue weighted by Crippen LogP contribution is 2.35. The number of hydrogen-bond acceptors (Lipinski definition) is 5. The zero-order valence-corrected chi connectivity index (χ0v) is 18.2. The predicted octanol–water partition coefficient (Wildman–Crippen LogP) is 7.34. The number of nitrogens with zero attached hydrogens (tertiary/aromatic N) is 2. The van der Waals surface area contributed by atoms with Gasteiger partial charge in [0.05, 0.1) is 18.1 Å². The lowest BCUT2D eigenvalue weighted by molar-refractivity contribution is 0.414. The van der Waals surface area contributed by atoms with Crippen LogP contribution in [-0.4, -0.2) is 17.1 Å². The summed E-state index contributed by atoms with van der Waals surface area (Å²) < 4.78 is 5.27. The molecule has 0 atom stereocenters.